The van der Waals surface area contributed by atoms with E-state index < -0.39 is 6.36 Å². The van der Waals surface area contributed by atoms with Gasteiger partial charge in [0.2, 0.25) is 0 Å². The molecule has 9 heteroatoms. The first-order chi connectivity index (χ1) is 13.9. The number of ether oxygens (including phenoxy) is 2. The zero-order valence-corrected chi connectivity index (χ0v) is 17.1. The standard InChI is InChI=1S/C20H24F3N3O2S/c1-25-8-10-26(11-9-25)18-24-17(14-29-18)19(6-12-27-13-7-19)15-2-4-16(5-3-15)28-20(21,22)23/h2-5,14H,6-13H2,1H3. The third-order valence-corrected chi connectivity index (χ3v) is 6.64. The quantitative estimate of drug-likeness (QED) is 0.740. The van der Waals surface area contributed by atoms with Gasteiger partial charge in [-0.1, -0.05) is 12.1 Å². The lowest BCUT2D eigenvalue weighted by atomic mass is 9.72. The zero-order valence-electron chi connectivity index (χ0n) is 16.2. The smallest absolute Gasteiger partial charge is 0.406 e. The Balaban J connectivity index is 1.61. The molecule has 0 unspecified atom stereocenters. The zero-order chi connectivity index (χ0) is 20.5. The van der Waals surface area contributed by atoms with Gasteiger partial charge in [-0.2, -0.15) is 0 Å². The highest BCUT2D eigenvalue weighted by Crippen LogP contribution is 2.43. The van der Waals surface area contributed by atoms with Crippen LogP contribution in [0.2, 0.25) is 0 Å². The number of rotatable bonds is 4. The maximum atomic E-state index is 12.5. The van der Waals surface area contributed by atoms with E-state index in [1.54, 1.807) is 23.5 Å². The number of hydrogen-bond acceptors (Lipinski definition) is 6. The van der Waals surface area contributed by atoms with Gasteiger partial charge in [-0.15, -0.1) is 24.5 Å². The molecular formula is C20H24F3N3O2S. The number of piperazine rings is 1. The second-order valence-corrected chi connectivity index (χ2v) is 8.41. The van der Waals surface area contributed by atoms with Crippen LogP contribution in [-0.4, -0.2) is 62.7 Å². The van der Waals surface area contributed by atoms with Crippen LogP contribution in [0.1, 0.15) is 24.1 Å². The fraction of sp³-hybridized carbons (Fsp3) is 0.550. The Morgan fingerprint density at radius 3 is 2.34 bits per heavy atom. The molecule has 5 nitrogen and oxygen atoms in total. The number of nitrogens with zero attached hydrogens (tertiary/aromatic N) is 3. The van der Waals surface area contributed by atoms with Crippen LogP contribution in [0.3, 0.4) is 0 Å². The van der Waals surface area contributed by atoms with Crippen molar-refractivity contribution in [3.8, 4) is 5.75 Å². The first kappa shape index (κ1) is 20.4. The topological polar surface area (TPSA) is 37.8 Å². The average Bonchev–Trinajstić information content (AvgIpc) is 3.19. The highest BCUT2D eigenvalue weighted by molar-refractivity contribution is 7.13. The SMILES string of the molecule is CN1CCN(c2nc(C3(c4ccc(OC(F)(F)F)cc4)CCOCC3)cs2)CC1. The van der Waals surface area contributed by atoms with Crippen molar-refractivity contribution < 1.29 is 22.6 Å². The summed E-state index contributed by atoms with van der Waals surface area (Å²) in [5, 5.41) is 3.11. The molecule has 0 atom stereocenters. The first-order valence-electron chi connectivity index (χ1n) is 9.69. The maximum absolute atomic E-state index is 12.5. The molecule has 0 radical (unpaired) electrons. The molecule has 0 aliphatic carbocycles. The first-order valence-corrected chi connectivity index (χ1v) is 10.6. The van der Waals surface area contributed by atoms with E-state index >= 15 is 0 Å². The summed E-state index contributed by atoms with van der Waals surface area (Å²) in [6.07, 6.45) is -3.19. The number of thiazole rings is 1. The fourth-order valence-corrected chi connectivity index (χ4v) is 4.99. The number of benzene rings is 1. The third kappa shape index (κ3) is 4.51. The van der Waals surface area contributed by atoms with Crippen molar-refractivity contribution in [2.75, 3.05) is 51.3 Å². The molecule has 2 fully saturated rings. The maximum Gasteiger partial charge on any atom is 0.573 e. The summed E-state index contributed by atoms with van der Waals surface area (Å²) in [5.41, 5.74) is 1.57. The molecule has 0 amide bonds. The predicted octanol–water partition coefficient (Wildman–Crippen LogP) is 3.89. The molecule has 4 rings (SSSR count). The molecule has 2 aliphatic rings. The van der Waals surface area contributed by atoms with E-state index in [9.17, 15) is 13.2 Å². The fourth-order valence-electron chi connectivity index (χ4n) is 4.02. The van der Waals surface area contributed by atoms with Crippen molar-refractivity contribution in [3.05, 3.63) is 40.9 Å². The molecule has 0 spiro atoms. The number of alkyl halides is 3. The van der Waals surface area contributed by atoms with Gasteiger partial charge in [0.25, 0.3) is 0 Å². The van der Waals surface area contributed by atoms with Crippen molar-refractivity contribution in [1.82, 2.24) is 9.88 Å². The molecule has 2 aliphatic heterocycles. The van der Waals surface area contributed by atoms with Crippen LogP contribution < -0.4 is 9.64 Å². The third-order valence-electron chi connectivity index (χ3n) is 5.74. The Morgan fingerprint density at radius 1 is 1.07 bits per heavy atom. The van der Waals surface area contributed by atoms with E-state index in [2.05, 4.69) is 27.0 Å². The Morgan fingerprint density at radius 2 is 1.72 bits per heavy atom. The number of likely N-dealkylation sites (N-methyl/N-ethyl adjacent to an activating group) is 1. The van der Waals surface area contributed by atoms with Crippen molar-refractivity contribution in [3.63, 3.8) is 0 Å². The van der Waals surface area contributed by atoms with E-state index in [0.717, 1.165) is 55.4 Å². The molecular weight excluding hydrogens is 403 g/mol. The molecule has 0 saturated carbocycles. The summed E-state index contributed by atoms with van der Waals surface area (Å²) in [4.78, 5) is 9.58. The van der Waals surface area contributed by atoms with E-state index in [1.807, 2.05) is 0 Å². The summed E-state index contributed by atoms with van der Waals surface area (Å²) in [7, 11) is 2.12. The lowest BCUT2D eigenvalue weighted by molar-refractivity contribution is -0.274. The monoisotopic (exact) mass is 427 g/mol. The highest BCUT2D eigenvalue weighted by Gasteiger charge is 2.39. The predicted molar refractivity (Wildman–Crippen MR) is 106 cm³/mol. The van der Waals surface area contributed by atoms with Crippen LogP contribution in [0.15, 0.2) is 29.6 Å². The normalized spacial score (nSPS) is 20.6. The molecule has 0 N–H and O–H groups in total. The Hall–Kier alpha value is -1.84. The van der Waals surface area contributed by atoms with Crippen molar-refractivity contribution in [2.45, 2.75) is 24.6 Å². The summed E-state index contributed by atoms with van der Waals surface area (Å²) < 4.78 is 47.1. The van der Waals surface area contributed by atoms with Crippen LogP contribution in [0, 0.1) is 0 Å². The lowest BCUT2D eigenvalue weighted by Crippen LogP contribution is -2.44. The van der Waals surface area contributed by atoms with Gasteiger partial charge < -0.3 is 19.3 Å². The van der Waals surface area contributed by atoms with Gasteiger partial charge in [-0.3, -0.25) is 0 Å². The van der Waals surface area contributed by atoms with Crippen molar-refractivity contribution in [1.29, 1.82) is 0 Å². The lowest BCUT2D eigenvalue weighted by Gasteiger charge is -2.37. The van der Waals surface area contributed by atoms with Crippen molar-refractivity contribution >= 4 is 16.5 Å². The van der Waals surface area contributed by atoms with Gasteiger partial charge in [0, 0.05) is 50.2 Å². The second kappa shape index (κ2) is 8.12. The molecule has 2 saturated heterocycles. The largest absolute Gasteiger partial charge is 0.573 e. The van der Waals surface area contributed by atoms with Crippen LogP contribution in [0.5, 0.6) is 5.75 Å². The number of halogens is 3. The molecule has 2 aromatic rings. The number of anilines is 1. The highest BCUT2D eigenvalue weighted by atomic mass is 32.1. The van der Waals surface area contributed by atoms with Gasteiger partial charge in [-0.05, 0) is 37.6 Å². The number of aromatic nitrogens is 1. The van der Waals surface area contributed by atoms with Crippen LogP contribution in [0.25, 0.3) is 0 Å². The van der Waals surface area contributed by atoms with E-state index in [0.29, 0.717) is 13.2 Å². The second-order valence-electron chi connectivity index (χ2n) is 7.57. The molecule has 3 heterocycles. The average molecular weight is 427 g/mol. The van der Waals surface area contributed by atoms with Gasteiger partial charge in [0.1, 0.15) is 5.75 Å². The van der Waals surface area contributed by atoms with Gasteiger partial charge in [0.15, 0.2) is 5.13 Å². The van der Waals surface area contributed by atoms with Gasteiger partial charge in [-0.25, -0.2) is 4.98 Å². The van der Waals surface area contributed by atoms with E-state index in [-0.39, 0.29) is 11.2 Å². The molecule has 158 valence electrons. The van der Waals surface area contributed by atoms with E-state index in [1.165, 1.54) is 12.1 Å². The minimum absolute atomic E-state index is 0.208. The Labute approximate surface area is 172 Å². The summed E-state index contributed by atoms with van der Waals surface area (Å²) in [5.74, 6) is -0.208. The summed E-state index contributed by atoms with van der Waals surface area (Å²) >= 11 is 1.64. The molecule has 1 aromatic heterocycles. The van der Waals surface area contributed by atoms with Crippen LogP contribution in [-0.2, 0) is 10.2 Å². The Kier molecular flexibility index (Phi) is 5.72. The molecule has 29 heavy (non-hydrogen) atoms. The minimum atomic E-state index is -4.69. The summed E-state index contributed by atoms with van der Waals surface area (Å²) in [6.45, 7) is 5.11. The summed E-state index contributed by atoms with van der Waals surface area (Å²) in [6, 6.07) is 6.21. The van der Waals surface area contributed by atoms with Crippen LogP contribution in [0.4, 0.5) is 18.3 Å². The molecule has 1 aromatic carbocycles. The van der Waals surface area contributed by atoms with Crippen LogP contribution >= 0.6 is 11.3 Å². The Bertz CT molecular complexity index is 811. The van der Waals surface area contributed by atoms with E-state index in [4.69, 9.17) is 9.72 Å². The molecule has 0 bridgehead atoms. The minimum Gasteiger partial charge on any atom is -0.406 e. The van der Waals surface area contributed by atoms with Gasteiger partial charge >= 0.3 is 6.36 Å². The van der Waals surface area contributed by atoms with Crippen molar-refractivity contribution in [2.24, 2.45) is 0 Å². The van der Waals surface area contributed by atoms with Gasteiger partial charge in [0.05, 0.1) is 5.69 Å². The number of hydrogen-bond donors (Lipinski definition) is 0.